The van der Waals surface area contributed by atoms with Gasteiger partial charge in [-0.1, -0.05) is 40.0 Å². The molecule has 0 aliphatic rings. The summed E-state index contributed by atoms with van der Waals surface area (Å²) in [6.07, 6.45) is 4.98. The van der Waals surface area contributed by atoms with Crippen molar-refractivity contribution in [2.24, 2.45) is 10.9 Å². The first kappa shape index (κ1) is 22.2. The molecule has 0 heterocycles. The second kappa shape index (κ2) is 15.4. The third-order valence-electron chi connectivity index (χ3n) is 3.62. The van der Waals surface area contributed by atoms with Gasteiger partial charge in [0.25, 0.3) is 0 Å². The fourth-order valence-corrected chi connectivity index (χ4v) is 1.94. The molecule has 0 unspecified atom stereocenters. The molecule has 0 saturated heterocycles. The zero-order valence-electron chi connectivity index (χ0n) is 14.0. The number of hydrogen-bond acceptors (Lipinski definition) is 2. The first-order valence-corrected chi connectivity index (χ1v) is 7.80. The van der Waals surface area contributed by atoms with Crippen molar-refractivity contribution in [1.82, 2.24) is 15.5 Å². The number of nitrogens with zero attached hydrogens (tertiary/aromatic N) is 2. The minimum Gasteiger partial charge on any atom is -0.356 e. The van der Waals surface area contributed by atoms with Gasteiger partial charge in [0.15, 0.2) is 5.96 Å². The Balaban J connectivity index is 0. The third kappa shape index (κ3) is 11.8. The van der Waals surface area contributed by atoms with Crippen LogP contribution in [0.4, 0.5) is 0 Å². The lowest BCUT2D eigenvalue weighted by atomic mass is 10.0. The average molecular weight is 398 g/mol. The topological polar surface area (TPSA) is 39.7 Å². The fourth-order valence-electron chi connectivity index (χ4n) is 1.94. The van der Waals surface area contributed by atoms with Crippen molar-refractivity contribution >= 4 is 29.9 Å². The van der Waals surface area contributed by atoms with Crippen LogP contribution >= 0.6 is 24.0 Å². The molecule has 0 aliphatic heterocycles. The molecule has 5 heteroatoms. The lowest BCUT2D eigenvalue weighted by Crippen LogP contribution is -2.42. The van der Waals surface area contributed by atoms with Crippen molar-refractivity contribution in [2.45, 2.75) is 46.5 Å². The van der Waals surface area contributed by atoms with E-state index in [0.717, 1.165) is 31.5 Å². The molecule has 0 amide bonds. The van der Waals surface area contributed by atoms with Gasteiger partial charge >= 0.3 is 0 Å². The van der Waals surface area contributed by atoms with Gasteiger partial charge in [-0.25, -0.2) is 0 Å². The summed E-state index contributed by atoms with van der Waals surface area (Å²) in [6, 6.07) is 0. The molecule has 20 heavy (non-hydrogen) atoms. The Bertz CT molecular complexity index is 230. The Hall–Kier alpha value is -0.0400. The molecule has 0 fully saturated rings. The van der Waals surface area contributed by atoms with Gasteiger partial charge in [-0.2, -0.15) is 0 Å². The van der Waals surface area contributed by atoms with Crippen molar-refractivity contribution in [3.63, 3.8) is 0 Å². The third-order valence-corrected chi connectivity index (χ3v) is 3.62. The largest absolute Gasteiger partial charge is 0.356 e. The first-order chi connectivity index (χ1) is 9.17. The van der Waals surface area contributed by atoms with Crippen LogP contribution in [0.2, 0.25) is 0 Å². The molecular weight excluding hydrogens is 363 g/mol. The van der Waals surface area contributed by atoms with Crippen LogP contribution in [0.3, 0.4) is 0 Å². The number of halogens is 1. The van der Waals surface area contributed by atoms with Crippen LogP contribution in [0.5, 0.6) is 0 Å². The highest BCUT2D eigenvalue weighted by Gasteiger charge is 2.05. The van der Waals surface area contributed by atoms with Gasteiger partial charge in [-0.05, 0) is 25.9 Å². The lowest BCUT2D eigenvalue weighted by Gasteiger charge is -2.19. The van der Waals surface area contributed by atoms with Crippen LogP contribution in [0.25, 0.3) is 0 Å². The summed E-state index contributed by atoms with van der Waals surface area (Å²) in [7, 11) is 4.01. The van der Waals surface area contributed by atoms with Crippen LogP contribution in [0.1, 0.15) is 46.5 Å². The van der Waals surface area contributed by atoms with Crippen molar-refractivity contribution < 1.29 is 0 Å². The zero-order chi connectivity index (χ0) is 14.5. The van der Waals surface area contributed by atoms with E-state index in [1.165, 1.54) is 32.2 Å². The Kier molecular flexibility index (Phi) is 17.1. The molecular formula is C15H35IN4. The second-order valence-corrected chi connectivity index (χ2v) is 5.22. The molecule has 0 aromatic rings. The van der Waals surface area contributed by atoms with Gasteiger partial charge in [-0.15, -0.1) is 24.0 Å². The van der Waals surface area contributed by atoms with E-state index in [-0.39, 0.29) is 24.0 Å². The van der Waals surface area contributed by atoms with Crippen molar-refractivity contribution in [1.29, 1.82) is 0 Å². The molecule has 0 radical (unpaired) electrons. The molecule has 0 rings (SSSR count). The van der Waals surface area contributed by atoms with Crippen LogP contribution in [0, 0.1) is 5.92 Å². The highest BCUT2D eigenvalue weighted by molar-refractivity contribution is 14.0. The average Bonchev–Trinajstić information content (AvgIpc) is 2.44. The van der Waals surface area contributed by atoms with Crippen molar-refractivity contribution in [2.75, 3.05) is 40.3 Å². The number of likely N-dealkylation sites (N-methyl/N-ethyl adjacent to an activating group) is 1. The van der Waals surface area contributed by atoms with Crippen molar-refractivity contribution in [3.05, 3.63) is 0 Å². The van der Waals surface area contributed by atoms with E-state index in [0.29, 0.717) is 0 Å². The Labute approximate surface area is 143 Å². The van der Waals surface area contributed by atoms with Gasteiger partial charge in [0.2, 0.25) is 0 Å². The Morgan fingerprint density at radius 3 is 2.25 bits per heavy atom. The van der Waals surface area contributed by atoms with Gasteiger partial charge in [-0.3, -0.25) is 4.99 Å². The minimum atomic E-state index is 0. The Morgan fingerprint density at radius 1 is 1.10 bits per heavy atom. The number of hydrogen-bond donors (Lipinski definition) is 2. The molecule has 0 spiro atoms. The van der Waals surface area contributed by atoms with E-state index in [4.69, 9.17) is 0 Å². The molecule has 0 aromatic carbocycles. The number of guanidine groups is 1. The quantitative estimate of drug-likeness (QED) is 0.338. The maximum atomic E-state index is 4.26. The summed E-state index contributed by atoms with van der Waals surface area (Å²) in [5, 5.41) is 6.79. The molecule has 2 N–H and O–H groups in total. The summed E-state index contributed by atoms with van der Waals surface area (Å²) in [5.41, 5.74) is 0. The second-order valence-electron chi connectivity index (χ2n) is 5.22. The molecule has 4 nitrogen and oxygen atoms in total. The van der Waals surface area contributed by atoms with Gasteiger partial charge < -0.3 is 15.5 Å². The number of rotatable bonds is 10. The van der Waals surface area contributed by atoms with Crippen molar-refractivity contribution in [3.8, 4) is 0 Å². The van der Waals surface area contributed by atoms with Gasteiger partial charge in [0.05, 0.1) is 0 Å². The molecule has 0 aromatic heterocycles. The summed E-state index contributed by atoms with van der Waals surface area (Å²) < 4.78 is 0. The molecule has 0 aliphatic carbocycles. The standard InChI is InChI=1S/C15H34N4.HI/c1-6-9-11-19(5)12-10-17-15(16-4)18-13-14(7-2)8-3;/h14H,6-13H2,1-5H3,(H2,16,17,18);1H. The minimum absolute atomic E-state index is 0. The smallest absolute Gasteiger partial charge is 0.191 e. The van der Waals surface area contributed by atoms with E-state index in [2.05, 4.69) is 48.3 Å². The van der Waals surface area contributed by atoms with Crippen LogP contribution in [-0.4, -0.2) is 51.1 Å². The van der Waals surface area contributed by atoms with E-state index in [1.807, 2.05) is 7.05 Å². The van der Waals surface area contributed by atoms with E-state index in [9.17, 15) is 0 Å². The number of nitrogens with one attached hydrogen (secondary N) is 2. The molecule has 0 saturated carbocycles. The lowest BCUT2D eigenvalue weighted by molar-refractivity contribution is 0.332. The molecule has 0 bridgehead atoms. The first-order valence-electron chi connectivity index (χ1n) is 7.80. The fraction of sp³-hybridized carbons (Fsp3) is 0.933. The maximum absolute atomic E-state index is 4.26. The summed E-state index contributed by atoms with van der Waals surface area (Å²) in [4.78, 5) is 6.63. The molecule has 0 atom stereocenters. The molecule has 122 valence electrons. The number of unbranched alkanes of at least 4 members (excludes halogenated alkanes) is 1. The number of aliphatic imine (C=N–C) groups is 1. The highest BCUT2D eigenvalue weighted by Crippen LogP contribution is 2.04. The normalized spacial score (nSPS) is 11.7. The monoisotopic (exact) mass is 398 g/mol. The summed E-state index contributed by atoms with van der Waals surface area (Å²) in [6.45, 7) is 10.9. The predicted octanol–water partition coefficient (Wildman–Crippen LogP) is 2.94. The van der Waals surface area contributed by atoms with Crippen LogP contribution in [0.15, 0.2) is 4.99 Å². The SMILES string of the molecule is CCCCN(C)CCNC(=NC)NCC(CC)CC.I. The van der Waals surface area contributed by atoms with Gasteiger partial charge in [0, 0.05) is 26.7 Å². The highest BCUT2D eigenvalue weighted by atomic mass is 127. The van der Waals surface area contributed by atoms with Crippen LogP contribution < -0.4 is 10.6 Å². The Morgan fingerprint density at radius 2 is 1.75 bits per heavy atom. The van der Waals surface area contributed by atoms with E-state index in [1.54, 1.807) is 0 Å². The van der Waals surface area contributed by atoms with E-state index < -0.39 is 0 Å². The van der Waals surface area contributed by atoms with Gasteiger partial charge in [0.1, 0.15) is 0 Å². The zero-order valence-corrected chi connectivity index (χ0v) is 16.4. The van der Waals surface area contributed by atoms with Crippen LogP contribution in [-0.2, 0) is 0 Å². The van der Waals surface area contributed by atoms with E-state index >= 15 is 0 Å². The summed E-state index contributed by atoms with van der Waals surface area (Å²) in [5.74, 6) is 1.67. The predicted molar refractivity (Wildman–Crippen MR) is 101 cm³/mol. The summed E-state index contributed by atoms with van der Waals surface area (Å²) >= 11 is 0. The maximum Gasteiger partial charge on any atom is 0.191 e.